The maximum atomic E-state index is 8.68. The van der Waals surface area contributed by atoms with E-state index in [1.165, 1.54) is 22.0 Å². The van der Waals surface area contributed by atoms with Crippen LogP contribution in [-0.2, 0) is 19.1 Å². The Morgan fingerprint density at radius 1 is 1.12 bits per heavy atom. The lowest BCUT2D eigenvalue weighted by Crippen LogP contribution is -1.93. The smallest absolute Gasteiger partial charge is 0.325 e. The highest BCUT2D eigenvalue weighted by molar-refractivity contribution is 9.05. The Hall–Kier alpha value is 1.28. The van der Waals surface area contributed by atoms with Gasteiger partial charge in [-0.3, -0.25) is 0 Å². The van der Waals surface area contributed by atoms with E-state index in [1.54, 1.807) is 24.6 Å². The van der Waals surface area contributed by atoms with Crippen LogP contribution < -0.4 is 0 Å². The molecule has 0 aromatic heterocycles. The van der Waals surface area contributed by atoms with Gasteiger partial charge in [-0.05, 0) is 30.1 Å². The van der Waals surface area contributed by atoms with E-state index in [-0.39, 0.29) is 0 Å². The summed E-state index contributed by atoms with van der Waals surface area (Å²) in [5.41, 5.74) is 0. The van der Waals surface area contributed by atoms with Crippen molar-refractivity contribution in [3.63, 3.8) is 0 Å². The Kier molecular flexibility index (Phi) is 22.9. The van der Waals surface area contributed by atoms with Crippen molar-refractivity contribution >= 4 is 40.9 Å². The molecule has 9 heteroatoms. The fourth-order valence-electron chi connectivity index (χ4n) is 0.329. The van der Waals surface area contributed by atoms with Crippen LogP contribution in [0.3, 0.4) is 0 Å². The molecule has 0 rings (SSSR count). The van der Waals surface area contributed by atoms with Crippen LogP contribution in [0.1, 0.15) is 27.2 Å². The number of rotatable bonds is 9. The molecule has 0 aliphatic rings. The summed E-state index contributed by atoms with van der Waals surface area (Å²) < 4.78 is 8.53. The highest BCUT2D eigenvalue weighted by atomic mass is 33.5. The lowest BCUT2D eigenvalue weighted by atomic mass is 10.6. The van der Waals surface area contributed by atoms with Gasteiger partial charge in [-0.15, -0.1) is 0 Å². The Morgan fingerprint density at radius 3 is 1.88 bits per heavy atom. The second kappa shape index (κ2) is 18.6. The third kappa shape index (κ3) is 20.7. The first kappa shape index (κ1) is 19.6. The molecule has 0 aromatic carbocycles. The van der Waals surface area contributed by atoms with Crippen molar-refractivity contribution in [2.75, 3.05) is 19.0 Å². The van der Waals surface area contributed by atoms with Crippen molar-refractivity contribution in [2.45, 2.75) is 27.2 Å². The van der Waals surface area contributed by atoms with Crippen molar-refractivity contribution < 1.29 is 24.0 Å². The minimum absolute atomic E-state index is 0.356. The summed E-state index contributed by atoms with van der Waals surface area (Å²) in [5, 5.41) is 0. The molecule has 0 spiro atoms. The van der Waals surface area contributed by atoms with Gasteiger partial charge in [0.25, 0.3) is 0 Å². The maximum Gasteiger partial charge on any atom is 0.389 e. The van der Waals surface area contributed by atoms with Crippen LogP contribution >= 0.6 is 40.9 Å². The van der Waals surface area contributed by atoms with Crippen LogP contribution in [0, 0.1) is 0 Å². The van der Waals surface area contributed by atoms with E-state index in [0.29, 0.717) is 13.2 Å². The minimum Gasteiger partial charge on any atom is -0.325 e. The van der Waals surface area contributed by atoms with Gasteiger partial charge in [0, 0.05) is 5.75 Å². The van der Waals surface area contributed by atoms with Crippen LogP contribution in [-0.4, -0.2) is 23.9 Å². The van der Waals surface area contributed by atoms with Crippen LogP contribution in [0.5, 0.6) is 0 Å². The molecular formula is C7H19O5PS3. The summed E-state index contributed by atoms with van der Waals surface area (Å²) in [7, 11) is 1.29. The zero-order valence-corrected chi connectivity index (χ0v) is 13.0. The number of hydrogen-bond acceptors (Lipinski definition) is 8. The van der Waals surface area contributed by atoms with Gasteiger partial charge in [-0.2, -0.15) is 9.35 Å². The predicted octanol–water partition coefficient (Wildman–Crippen LogP) is 3.76. The first-order chi connectivity index (χ1) is 7.72. The molecule has 0 unspecified atom stereocenters. The standard InChI is InChI=1S/C4H11O5P.C3H8S3/c1-3-6-8-10(5)9-7-4-2;1-2-3-5-6-4/h5H,3-4H2,1-2H3;4H,2-3H2,1H3. The fraction of sp³-hybridized carbons (Fsp3) is 1.00. The van der Waals surface area contributed by atoms with Gasteiger partial charge < -0.3 is 4.89 Å². The summed E-state index contributed by atoms with van der Waals surface area (Å²) >= 11 is 3.93. The largest absolute Gasteiger partial charge is 0.389 e. The summed E-state index contributed by atoms with van der Waals surface area (Å²) in [5.74, 6) is 1.22. The van der Waals surface area contributed by atoms with Gasteiger partial charge in [0.2, 0.25) is 0 Å². The molecule has 0 atom stereocenters. The number of thiol groups is 1. The Labute approximate surface area is 111 Å². The zero-order chi connectivity index (χ0) is 12.6. The average Bonchev–Trinajstić information content (AvgIpc) is 2.32. The first-order valence-electron chi connectivity index (χ1n) is 4.74. The van der Waals surface area contributed by atoms with Gasteiger partial charge >= 0.3 is 8.60 Å². The molecule has 0 heterocycles. The molecule has 16 heavy (non-hydrogen) atoms. The van der Waals surface area contributed by atoms with E-state index in [1.807, 2.05) is 0 Å². The SMILES string of the molecule is CCCSSS.CCOOP(O)OOCC. The average molecular weight is 310 g/mol. The van der Waals surface area contributed by atoms with Crippen molar-refractivity contribution in [1.82, 2.24) is 0 Å². The normalized spacial score (nSPS) is 10.1. The molecular weight excluding hydrogens is 291 g/mol. The molecule has 0 saturated carbocycles. The Balaban J connectivity index is 0. The quantitative estimate of drug-likeness (QED) is 0.168. The van der Waals surface area contributed by atoms with Crippen molar-refractivity contribution in [3.8, 4) is 0 Å². The van der Waals surface area contributed by atoms with E-state index in [4.69, 9.17) is 4.89 Å². The van der Waals surface area contributed by atoms with Gasteiger partial charge in [0.15, 0.2) is 0 Å². The highest BCUT2D eigenvalue weighted by Gasteiger charge is 2.07. The van der Waals surface area contributed by atoms with E-state index in [0.717, 1.165) is 0 Å². The molecule has 5 nitrogen and oxygen atoms in total. The second-order valence-electron chi connectivity index (χ2n) is 2.10. The first-order valence-corrected chi connectivity index (χ1v) is 9.24. The van der Waals surface area contributed by atoms with Crippen molar-refractivity contribution in [1.29, 1.82) is 0 Å². The maximum absolute atomic E-state index is 8.68. The summed E-state index contributed by atoms with van der Waals surface area (Å²) in [4.78, 5) is 17.4. The third-order valence-electron chi connectivity index (χ3n) is 0.809. The second-order valence-corrected chi connectivity index (χ2v) is 6.16. The summed E-state index contributed by atoms with van der Waals surface area (Å²) in [6.45, 7) is 6.33. The van der Waals surface area contributed by atoms with Crippen LogP contribution in [0.4, 0.5) is 0 Å². The van der Waals surface area contributed by atoms with E-state index in [2.05, 4.69) is 37.7 Å². The lowest BCUT2D eigenvalue weighted by molar-refractivity contribution is -0.263. The minimum atomic E-state index is -2.04. The Bertz CT molecular complexity index is 112. The molecule has 0 aliphatic carbocycles. The molecule has 0 aromatic rings. The predicted molar refractivity (Wildman–Crippen MR) is 73.9 cm³/mol. The molecule has 0 bridgehead atoms. The zero-order valence-electron chi connectivity index (χ0n) is 9.62. The van der Waals surface area contributed by atoms with Crippen LogP contribution in [0.15, 0.2) is 0 Å². The molecule has 0 radical (unpaired) electrons. The molecule has 100 valence electrons. The summed E-state index contributed by atoms with van der Waals surface area (Å²) in [6.07, 6.45) is 1.25. The van der Waals surface area contributed by atoms with Crippen molar-refractivity contribution in [2.24, 2.45) is 0 Å². The van der Waals surface area contributed by atoms with Crippen LogP contribution in [0.25, 0.3) is 0 Å². The lowest BCUT2D eigenvalue weighted by Gasteiger charge is -2.05. The van der Waals surface area contributed by atoms with E-state index < -0.39 is 8.60 Å². The van der Waals surface area contributed by atoms with E-state index in [9.17, 15) is 0 Å². The fourth-order valence-corrected chi connectivity index (χ4v) is 2.38. The molecule has 1 N–H and O–H groups in total. The van der Waals surface area contributed by atoms with E-state index >= 15 is 0 Å². The molecule has 0 amide bonds. The number of hydrogen-bond donors (Lipinski definition) is 2. The third-order valence-corrected chi connectivity index (χ3v) is 3.72. The Morgan fingerprint density at radius 2 is 1.62 bits per heavy atom. The molecule has 0 fully saturated rings. The topological polar surface area (TPSA) is 57.2 Å². The summed E-state index contributed by atoms with van der Waals surface area (Å²) in [6, 6.07) is 0. The molecule has 0 aliphatic heterocycles. The van der Waals surface area contributed by atoms with Gasteiger partial charge in [0.05, 0.1) is 13.2 Å². The van der Waals surface area contributed by atoms with Crippen molar-refractivity contribution in [3.05, 3.63) is 0 Å². The van der Waals surface area contributed by atoms with Gasteiger partial charge in [0.1, 0.15) is 0 Å². The molecule has 0 saturated heterocycles. The monoisotopic (exact) mass is 310 g/mol. The van der Waals surface area contributed by atoms with Gasteiger partial charge in [-0.25, -0.2) is 9.78 Å². The van der Waals surface area contributed by atoms with Crippen LogP contribution in [0.2, 0.25) is 0 Å². The highest BCUT2D eigenvalue weighted by Crippen LogP contribution is 2.32. The van der Waals surface area contributed by atoms with Gasteiger partial charge in [-0.1, -0.05) is 29.4 Å².